The molecule has 2 atom stereocenters. The van der Waals surface area contributed by atoms with Crippen molar-refractivity contribution in [3.05, 3.63) is 29.8 Å². The van der Waals surface area contributed by atoms with Gasteiger partial charge in [-0.15, -0.1) is 0 Å². The van der Waals surface area contributed by atoms with Gasteiger partial charge in [0.1, 0.15) is 12.4 Å². The van der Waals surface area contributed by atoms with Crippen LogP contribution in [0.2, 0.25) is 0 Å². The molecule has 1 fully saturated rings. The highest BCUT2D eigenvalue weighted by Crippen LogP contribution is 2.19. The van der Waals surface area contributed by atoms with Crippen molar-refractivity contribution in [2.24, 2.45) is 5.73 Å². The molecular weight excluding hydrogens is 214 g/mol. The first-order valence-electron chi connectivity index (χ1n) is 6.39. The Balaban J connectivity index is 1.84. The molecule has 17 heavy (non-hydrogen) atoms. The minimum atomic E-state index is 0.127. The molecule has 0 saturated carbocycles. The Hall–Kier alpha value is -1.06. The summed E-state index contributed by atoms with van der Waals surface area (Å²) in [5.74, 6) is 0.896. The molecule has 1 aromatic carbocycles. The molecule has 3 nitrogen and oxygen atoms in total. The fourth-order valence-corrected chi connectivity index (χ4v) is 2.01. The van der Waals surface area contributed by atoms with Crippen molar-refractivity contribution in [2.45, 2.75) is 38.3 Å². The van der Waals surface area contributed by atoms with Crippen LogP contribution in [-0.4, -0.2) is 19.3 Å². The van der Waals surface area contributed by atoms with Crippen LogP contribution in [0.5, 0.6) is 5.75 Å². The second-order valence-corrected chi connectivity index (χ2v) is 4.53. The number of rotatable bonds is 5. The highest BCUT2D eigenvalue weighted by Gasteiger charge is 2.15. The van der Waals surface area contributed by atoms with Crippen molar-refractivity contribution in [1.29, 1.82) is 0 Å². The van der Waals surface area contributed by atoms with Crippen LogP contribution in [0.15, 0.2) is 24.3 Å². The lowest BCUT2D eigenvalue weighted by atomic mass is 10.1. The average molecular weight is 235 g/mol. The molecule has 1 aliphatic heterocycles. The first-order valence-corrected chi connectivity index (χ1v) is 6.39. The lowest BCUT2D eigenvalue weighted by Crippen LogP contribution is -2.16. The van der Waals surface area contributed by atoms with Crippen LogP contribution in [0.4, 0.5) is 0 Å². The first-order chi connectivity index (χ1) is 8.29. The molecule has 1 unspecified atom stereocenters. The summed E-state index contributed by atoms with van der Waals surface area (Å²) in [4.78, 5) is 0. The van der Waals surface area contributed by atoms with Crippen molar-refractivity contribution in [3.8, 4) is 5.75 Å². The normalized spacial score (nSPS) is 21.4. The van der Waals surface area contributed by atoms with Crippen LogP contribution in [0.25, 0.3) is 0 Å². The number of hydrogen-bond donors (Lipinski definition) is 1. The van der Waals surface area contributed by atoms with E-state index in [2.05, 4.69) is 6.92 Å². The lowest BCUT2D eigenvalue weighted by molar-refractivity contribution is 0.0679. The summed E-state index contributed by atoms with van der Waals surface area (Å²) in [6, 6.07) is 8.18. The Morgan fingerprint density at radius 2 is 2.18 bits per heavy atom. The van der Waals surface area contributed by atoms with Gasteiger partial charge in [-0.05, 0) is 37.0 Å². The number of hydrogen-bond acceptors (Lipinski definition) is 3. The topological polar surface area (TPSA) is 44.5 Å². The Kier molecular flexibility index (Phi) is 4.40. The zero-order chi connectivity index (χ0) is 12.1. The quantitative estimate of drug-likeness (QED) is 0.853. The van der Waals surface area contributed by atoms with Crippen LogP contribution in [0.1, 0.15) is 37.8 Å². The second-order valence-electron chi connectivity index (χ2n) is 4.53. The van der Waals surface area contributed by atoms with Gasteiger partial charge in [-0.25, -0.2) is 0 Å². The molecule has 1 aromatic rings. The molecule has 2 rings (SSSR count). The molecule has 1 saturated heterocycles. The van der Waals surface area contributed by atoms with Gasteiger partial charge in [-0.2, -0.15) is 0 Å². The zero-order valence-corrected chi connectivity index (χ0v) is 10.4. The van der Waals surface area contributed by atoms with Crippen molar-refractivity contribution in [3.63, 3.8) is 0 Å². The van der Waals surface area contributed by atoms with Gasteiger partial charge in [0.25, 0.3) is 0 Å². The minimum absolute atomic E-state index is 0.127. The van der Waals surface area contributed by atoms with Crippen molar-refractivity contribution in [2.75, 3.05) is 13.2 Å². The van der Waals surface area contributed by atoms with E-state index in [1.54, 1.807) is 0 Å². The van der Waals surface area contributed by atoms with Crippen molar-refractivity contribution in [1.82, 2.24) is 0 Å². The molecule has 2 N–H and O–H groups in total. The van der Waals surface area contributed by atoms with Crippen molar-refractivity contribution >= 4 is 0 Å². The molecule has 1 aliphatic rings. The summed E-state index contributed by atoms with van der Waals surface area (Å²) in [5.41, 5.74) is 7.12. The maximum Gasteiger partial charge on any atom is 0.119 e. The summed E-state index contributed by atoms with van der Waals surface area (Å²) in [5, 5.41) is 0. The number of nitrogens with two attached hydrogens (primary N) is 1. The summed E-state index contributed by atoms with van der Waals surface area (Å²) < 4.78 is 11.2. The van der Waals surface area contributed by atoms with Gasteiger partial charge in [0.2, 0.25) is 0 Å². The van der Waals surface area contributed by atoms with E-state index in [1.165, 1.54) is 0 Å². The minimum Gasteiger partial charge on any atom is -0.491 e. The molecule has 0 aliphatic carbocycles. The monoisotopic (exact) mass is 235 g/mol. The van der Waals surface area contributed by atoms with E-state index in [0.29, 0.717) is 6.61 Å². The standard InChI is InChI=1S/C14H21NO2/c1-2-14(15)11-5-7-12(8-6-11)17-10-13-4-3-9-16-13/h5-8,13-14H,2-4,9-10,15H2,1H3/t13?,14-/m0/s1. The summed E-state index contributed by atoms with van der Waals surface area (Å²) in [6.45, 7) is 3.62. The average Bonchev–Trinajstić information content (AvgIpc) is 2.89. The van der Waals surface area contributed by atoms with Crippen LogP contribution in [-0.2, 0) is 4.74 Å². The van der Waals surface area contributed by atoms with Crippen LogP contribution < -0.4 is 10.5 Å². The third-order valence-electron chi connectivity index (χ3n) is 3.21. The largest absolute Gasteiger partial charge is 0.491 e. The molecule has 0 amide bonds. The predicted molar refractivity (Wildman–Crippen MR) is 68.1 cm³/mol. The van der Waals surface area contributed by atoms with Gasteiger partial charge in [-0.1, -0.05) is 19.1 Å². The van der Waals surface area contributed by atoms with Gasteiger partial charge in [0.05, 0.1) is 6.10 Å². The molecular formula is C14H21NO2. The zero-order valence-electron chi connectivity index (χ0n) is 10.4. The fourth-order valence-electron chi connectivity index (χ4n) is 2.01. The highest BCUT2D eigenvalue weighted by molar-refractivity contribution is 5.29. The van der Waals surface area contributed by atoms with E-state index in [9.17, 15) is 0 Å². The third kappa shape index (κ3) is 3.45. The molecule has 3 heteroatoms. The summed E-state index contributed by atoms with van der Waals surface area (Å²) in [6.07, 6.45) is 3.49. The SMILES string of the molecule is CC[C@H](N)c1ccc(OCC2CCCO2)cc1. The van der Waals surface area contributed by atoms with Gasteiger partial charge >= 0.3 is 0 Å². The Labute approximate surface area is 103 Å². The highest BCUT2D eigenvalue weighted by atomic mass is 16.5. The molecule has 0 spiro atoms. The Morgan fingerprint density at radius 3 is 2.76 bits per heavy atom. The van der Waals surface area contributed by atoms with E-state index in [0.717, 1.165) is 37.2 Å². The number of ether oxygens (including phenoxy) is 2. The maximum atomic E-state index is 5.96. The van der Waals surface area contributed by atoms with E-state index in [-0.39, 0.29) is 12.1 Å². The van der Waals surface area contributed by atoms with Crippen LogP contribution >= 0.6 is 0 Å². The first kappa shape index (κ1) is 12.4. The van der Waals surface area contributed by atoms with Gasteiger partial charge < -0.3 is 15.2 Å². The Bertz CT molecular complexity index is 331. The summed E-state index contributed by atoms with van der Waals surface area (Å²) >= 11 is 0. The van der Waals surface area contributed by atoms with Crippen LogP contribution in [0, 0.1) is 0 Å². The maximum absolute atomic E-state index is 5.96. The van der Waals surface area contributed by atoms with Gasteiger partial charge in [0.15, 0.2) is 0 Å². The third-order valence-corrected chi connectivity index (χ3v) is 3.21. The molecule has 1 heterocycles. The lowest BCUT2D eigenvalue weighted by Gasteiger charge is -2.13. The molecule has 94 valence electrons. The number of benzene rings is 1. The molecule has 0 aromatic heterocycles. The second kappa shape index (κ2) is 6.03. The van der Waals surface area contributed by atoms with Crippen LogP contribution in [0.3, 0.4) is 0 Å². The van der Waals surface area contributed by atoms with Crippen molar-refractivity contribution < 1.29 is 9.47 Å². The van der Waals surface area contributed by atoms with Gasteiger partial charge in [-0.3, -0.25) is 0 Å². The Morgan fingerprint density at radius 1 is 1.41 bits per heavy atom. The molecule has 0 bridgehead atoms. The van der Waals surface area contributed by atoms with E-state index >= 15 is 0 Å². The molecule has 0 radical (unpaired) electrons. The van der Waals surface area contributed by atoms with E-state index < -0.39 is 0 Å². The van der Waals surface area contributed by atoms with E-state index in [4.69, 9.17) is 15.2 Å². The predicted octanol–water partition coefficient (Wildman–Crippen LogP) is 2.65. The fraction of sp³-hybridized carbons (Fsp3) is 0.571. The summed E-state index contributed by atoms with van der Waals surface area (Å²) in [7, 11) is 0. The smallest absolute Gasteiger partial charge is 0.119 e. The van der Waals surface area contributed by atoms with Gasteiger partial charge in [0, 0.05) is 12.6 Å². The van der Waals surface area contributed by atoms with E-state index in [1.807, 2.05) is 24.3 Å².